The second-order valence-electron chi connectivity index (χ2n) is 4.01. The highest BCUT2D eigenvalue weighted by Gasteiger charge is 2.36. The maximum Gasteiger partial charge on any atom is 0.404 e. The number of amides is 3. The van der Waals surface area contributed by atoms with Crippen LogP contribution in [-0.2, 0) is 9.53 Å². The summed E-state index contributed by atoms with van der Waals surface area (Å²) in [6, 6.07) is -0.544. The van der Waals surface area contributed by atoms with Crippen molar-refractivity contribution in [2.24, 2.45) is 5.73 Å². The van der Waals surface area contributed by atoms with E-state index in [1.807, 2.05) is 0 Å². The number of aliphatic carboxylic acids is 1. The second-order valence-corrected chi connectivity index (χ2v) is 4.01. The molecular formula is C10H19N3O5. The minimum atomic E-state index is -1.32. The minimum Gasteiger partial charge on any atom is -0.480 e. The molecule has 0 heterocycles. The van der Waals surface area contributed by atoms with E-state index >= 15 is 0 Å². The van der Waals surface area contributed by atoms with Gasteiger partial charge in [-0.2, -0.15) is 0 Å². The van der Waals surface area contributed by atoms with Crippen LogP contribution in [0, 0.1) is 0 Å². The Bertz CT molecular complexity index is 329. The van der Waals surface area contributed by atoms with Gasteiger partial charge in [0.15, 0.2) is 0 Å². The van der Waals surface area contributed by atoms with Crippen molar-refractivity contribution in [1.82, 2.24) is 10.2 Å². The van der Waals surface area contributed by atoms with Crippen molar-refractivity contribution >= 4 is 18.1 Å². The Hall–Kier alpha value is -1.99. The van der Waals surface area contributed by atoms with E-state index in [9.17, 15) is 14.4 Å². The van der Waals surface area contributed by atoms with E-state index < -0.39 is 23.6 Å². The molecule has 0 radical (unpaired) electrons. The molecule has 0 aliphatic carbocycles. The van der Waals surface area contributed by atoms with Gasteiger partial charge in [0, 0.05) is 6.54 Å². The highest BCUT2D eigenvalue weighted by molar-refractivity contribution is 5.85. The summed E-state index contributed by atoms with van der Waals surface area (Å²) in [6.45, 7) is 4.77. The molecule has 0 rings (SSSR count). The number of primary amides is 1. The van der Waals surface area contributed by atoms with Gasteiger partial charge >= 0.3 is 18.1 Å². The number of ether oxygens (including phenoxy) is 1. The third-order valence-electron chi connectivity index (χ3n) is 2.38. The molecule has 0 aromatic rings. The summed E-state index contributed by atoms with van der Waals surface area (Å²) in [5.74, 6) is -1.10. The van der Waals surface area contributed by atoms with Gasteiger partial charge in [-0.05, 0) is 20.8 Å². The molecule has 18 heavy (non-hydrogen) atoms. The molecule has 8 nitrogen and oxygen atoms in total. The van der Waals surface area contributed by atoms with Crippen molar-refractivity contribution in [2.75, 3.05) is 19.7 Å². The first-order valence-corrected chi connectivity index (χ1v) is 5.44. The predicted molar refractivity (Wildman–Crippen MR) is 63.0 cm³/mol. The largest absolute Gasteiger partial charge is 0.480 e. The van der Waals surface area contributed by atoms with E-state index in [0.29, 0.717) is 0 Å². The fourth-order valence-corrected chi connectivity index (χ4v) is 1.31. The lowest BCUT2D eigenvalue weighted by molar-refractivity contribution is -0.147. The maximum absolute atomic E-state index is 11.7. The van der Waals surface area contributed by atoms with Gasteiger partial charge in [-0.1, -0.05) is 0 Å². The topological polar surface area (TPSA) is 122 Å². The molecule has 0 bridgehead atoms. The van der Waals surface area contributed by atoms with E-state index in [1.165, 1.54) is 18.7 Å². The van der Waals surface area contributed by atoms with E-state index in [4.69, 9.17) is 10.8 Å². The average molecular weight is 261 g/mol. The van der Waals surface area contributed by atoms with Crippen molar-refractivity contribution in [1.29, 1.82) is 0 Å². The molecule has 0 saturated carbocycles. The molecule has 0 aromatic heterocycles. The molecule has 8 heteroatoms. The summed E-state index contributed by atoms with van der Waals surface area (Å²) in [6.07, 6.45) is -0.928. The van der Waals surface area contributed by atoms with Gasteiger partial charge in [-0.15, -0.1) is 0 Å². The van der Waals surface area contributed by atoms with Crippen LogP contribution >= 0.6 is 0 Å². The Morgan fingerprint density at radius 1 is 1.39 bits per heavy atom. The number of urea groups is 1. The molecule has 0 unspecified atom stereocenters. The van der Waals surface area contributed by atoms with E-state index in [0.717, 1.165) is 0 Å². The van der Waals surface area contributed by atoms with Crippen LogP contribution in [0.4, 0.5) is 9.59 Å². The second kappa shape index (κ2) is 6.67. The lowest BCUT2D eigenvalue weighted by Crippen LogP contribution is -2.56. The van der Waals surface area contributed by atoms with Crippen LogP contribution in [0.25, 0.3) is 0 Å². The summed E-state index contributed by atoms with van der Waals surface area (Å²) in [4.78, 5) is 34.2. The molecule has 0 atom stereocenters. The van der Waals surface area contributed by atoms with E-state index in [-0.39, 0.29) is 19.7 Å². The first-order valence-electron chi connectivity index (χ1n) is 5.44. The standard InChI is InChI=1S/C10H19N3O5/c1-4-13(10(2,3)7(14)15)9(17)12-5-6-18-8(11)16/h4-6H2,1-3H3,(H2,11,16)(H,12,17)(H,14,15). The molecule has 0 saturated heterocycles. The monoisotopic (exact) mass is 261 g/mol. The zero-order valence-electron chi connectivity index (χ0n) is 10.7. The Kier molecular flexibility index (Phi) is 5.94. The summed E-state index contributed by atoms with van der Waals surface area (Å²) in [7, 11) is 0. The molecule has 0 spiro atoms. The number of hydrogen-bond donors (Lipinski definition) is 3. The van der Waals surface area contributed by atoms with Gasteiger partial charge in [0.05, 0.1) is 6.54 Å². The third-order valence-corrected chi connectivity index (χ3v) is 2.38. The van der Waals surface area contributed by atoms with Crippen LogP contribution < -0.4 is 11.1 Å². The number of carboxylic acids is 1. The normalized spacial score (nSPS) is 10.6. The minimum absolute atomic E-state index is 0.0634. The van der Waals surface area contributed by atoms with Crippen LogP contribution in [0.5, 0.6) is 0 Å². The molecule has 104 valence electrons. The number of rotatable bonds is 6. The summed E-state index contributed by atoms with van der Waals surface area (Å²) >= 11 is 0. The van der Waals surface area contributed by atoms with E-state index in [2.05, 4.69) is 10.1 Å². The molecule has 0 aromatic carbocycles. The molecule has 0 aliphatic rings. The first kappa shape index (κ1) is 16.0. The van der Waals surface area contributed by atoms with Crippen LogP contribution in [0.3, 0.4) is 0 Å². The maximum atomic E-state index is 11.7. The number of nitrogens with zero attached hydrogens (tertiary/aromatic N) is 1. The van der Waals surface area contributed by atoms with Crippen molar-refractivity contribution in [3.8, 4) is 0 Å². The zero-order valence-corrected chi connectivity index (χ0v) is 10.7. The number of carbonyl (C=O) groups is 3. The molecule has 3 amide bonds. The predicted octanol–water partition coefficient (Wildman–Crippen LogP) is -0.0236. The highest BCUT2D eigenvalue weighted by atomic mass is 16.5. The van der Waals surface area contributed by atoms with Gasteiger partial charge in [0.2, 0.25) is 0 Å². The lowest BCUT2D eigenvalue weighted by Gasteiger charge is -2.34. The Morgan fingerprint density at radius 3 is 2.33 bits per heavy atom. The van der Waals surface area contributed by atoms with Gasteiger partial charge in [-0.3, -0.25) is 0 Å². The Morgan fingerprint density at radius 2 is 1.94 bits per heavy atom. The average Bonchev–Trinajstić information content (AvgIpc) is 2.24. The number of hydrogen-bond acceptors (Lipinski definition) is 4. The fraction of sp³-hybridized carbons (Fsp3) is 0.700. The number of likely N-dealkylation sites (N-methyl/N-ethyl adjacent to an activating group) is 1. The lowest BCUT2D eigenvalue weighted by atomic mass is 10.0. The fourth-order valence-electron chi connectivity index (χ4n) is 1.31. The zero-order chi connectivity index (χ0) is 14.3. The van der Waals surface area contributed by atoms with Gasteiger partial charge in [0.1, 0.15) is 12.1 Å². The van der Waals surface area contributed by atoms with Crippen molar-refractivity contribution < 1.29 is 24.2 Å². The Labute approximate surface area is 105 Å². The number of nitrogens with one attached hydrogen (secondary N) is 1. The van der Waals surface area contributed by atoms with Gasteiger partial charge in [0.25, 0.3) is 0 Å². The highest BCUT2D eigenvalue weighted by Crippen LogP contribution is 2.14. The summed E-state index contributed by atoms with van der Waals surface area (Å²) < 4.78 is 4.43. The first-order chi connectivity index (χ1) is 8.23. The Balaban J connectivity index is 4.37. The summed E-state index contributed by atoms with van der Waals surface area (Å²) in [5.41, 5.74) is 3.43. The molecular weight excluding hydrogens is 242 g/mol. The van der Waals surface area contributed by atoms with Crippen LogP contribution in [0.2, 0.25) is 0 Å². The van der Waals surface area contributed by atoms with Gasteiger partial charge < -0.3 is 25.8 Å². The molecule has 4 N–H and O–H groups in total. The van der Waals surface area contributed by atoms with Crippen LogP contribution in [0.15, 0.2) is 0 Å². The van der Waals surface area contributed by atoms with Gasteiger partial charge in [-0.25, -0.2) is 14.4 Å². The van der Waals surface area contributed by atoms with Crippen molar-refractivity contribution in [2.45, 2.75) is 26.3 Å². The SMILES string of the molecule is CCN(C(=O)NCCOC(N)=O)C(C)(C)C(=O)O. The number of nitrogens with two attached hydrogens (primary N) is 1. The van der Waals surface area contributed by atoms with Crippen LogP contribution in [0.1, 0.15) is 20.8 Å². The number of carbonyl (C=O) groups excluding carboxylic acids is 2. The van der Waals surface area contributed by atoms with Crippen LogP contribution in [-0.4, -0.2) is 53.3 Å². The van der Waals surface area contributed by atoms with Crippen molar-refractivity contribution in [3.63, 3.8) is 0 Å². The molecule has 0 aliphatic heterocycles. The molecule has 0 fully saturated rings. The van der Waals surface area contributed by atoms with Crippen molar-refractivity contribution in [3.05, 3.63) is 0 Å². The smallest absolute Gasteiger partial charge is 0.404 e. The summed E-state index contributed by atoms with van der Waals surface area (Å²) in [5, 5.41) is 11.5. The van der Waals surface area contributed by atoms with E-state index in [1.54, 1.807) is 6.92 Å². The third kappa shape index (κ3) is 4.48. The number of carboxylic acid groups (broad SMARTS) is 1. The quantitative estimate of drug-likeness (QED) is 0.580.